The van der Waals surface area contributed by atoms with E-state index in [-0.39, 0.29) is 11.9 Å². The molecule has 0 radical (unpaired) electrons. The molecule has 3 heteroatoms. The first-order valence-corrected chi connectivity index (χ1v) is 8.13. The molecule has 0 saturated carbocycles. The molecule has 0 spiro atoms. The second-order valence-electron chi connectivity index (χ2n) is 5.37. The SMILES string of the molecule is CCCNC(Cc1ccc(F)c(Br)c1)c1cccc(C)c1. The lowest BCUT2D eigenvalue weighted by atomic mass is 9.97. The first-order chi connectivity index (χ1) is 10.1. The van der Waals surface area contributed by atoms with Crippen molar-refractivity contribution in [2.45, 2.75) is 32.7 Å². The molecule has 0 heterocycles. The summed E-state index contributed by atoms with van der Waals surface area (Å²) in [5.74, 6) is -0.215. The van der Waals surface area contributed by atoms with Gasteiger partial charge >= 0.3 is 0 Å². The zero-order valence-corrected chi connectivity index (χ0v) is 14.1. The van der Waals surface area contributed by atoms with Crippen LogP contribution in [0.4, 0.5) is 4.39 Å². The maximum atomic E-state index is 13.4. The number of nitrogens with one attached hydrogen (secondary N) is 1. The van der Waals surface area contributed by atoms with Gasteiger partial charge in [-0.3, -0.25) is 0 Å². The number of aryl methyl sites for hydroxylation is 1. The molecule has 2 aromatic carbocycles. The van der Waals surface area contributed by atoms with Crippen LogP contribution in [-0.4, -0.2) is 6.54 Å². The van der Waals surface area contributed by atoms with Crippen molar-refractivity contribution < 1.29 is 4.39 Å². The summed E-state index contributed by atoms with van der Waals surface area (Å²) >= 11 is 3.26. The van der Waals surface area contributed by atoms with Gasteiger partial charge in [-0.15, -0.1) is 0 Å². The Morgan fingerprint density at radius 1 is 1.19 bits per heavy atom. The van der Waals surface area contributed by atoms with E-state index in [2.05, 4.69) is 59.4 Å². The van der Waals surface area contributed by atoms with Gasteiger partial charge in [-0.1, -0.05) is 42.8 Å². The average molecular weight is 350 g/mol. The largest absolute Gasteiger partial charge is 0.310 e. The molecular weight excluding hydrogens is 329 g/mol. The van der Waals surface area contributed by atoms with Gasteiger partial charge in [-0.05, 0) is 65.5 Å². The number of hydrogen-bond acceptors (Lipinski definition) is 1. The predicted molar refractivity (Wildman–Crippen MR) is 90.0 cm³/mol. The Morgan fingerprint density at radius 2 is 2.00 bits per heavy atom. The van der Waals surface area contributed by atoms with Crippen LogP contribution in [0.2, 0.25) is 0 Å². The first-order valence-electron chi connectivity index (χ1n) is 7.34. The van der Waals surface area contributed by atoms with Crippen molar-refractivity contribution in [1.29, 1.82) is 0 Å². The molecule has 21 heavy (non-hydrogen) atoms. The molecule has 0 aliphatic carbocycles. The third-order valence-electron chi connectivity index (χ3n) is 3.51. The van der Waals surface area contributed by atoms with Crippen LogP contribution in [0.5, 0.6) is 0 Å². The van der Waals surface area contributed by atoms with Crippen LogP contribution in [0.1, 0.15) is 36.1 Å². The Morgan fingerprint density at radius 3 is 2.67 bits per heavy atom. The standard InChI is InChI=1S/C18H21BrFN/c1-3-9-21-18(15-6-4-5-13(2)10-15)12-14-7-8-17(20)16(19)11-14/h4-8,10-11,18,21H,3,9,12H2,1-2H3. The number of rotatable bonds is 6. The summed E-state index contributed by atoms with van der Waals surface area (Å²) < 4.78 is 13.9. The molecule has 0 bridgehead atoms. The van der Waals surface area contributed by atoms with E-state index in [4.69, 9.17) is 0 Å². The van der Waals surface area contributed by atoms with Crippen molar-refractivity contribution >= 4 is 15.9 Å². The second-order valence-corrected chi connectivity index (χ2v) is 6.23. The van der Waals surface area contributed by atoms with Gasteiger partial charge in [0.2, 0.25) is 0 Å². The van der Waals surface area contributed by atoms with Crippen LogP contribution in [0.15, 0.2) is 46.9 Å². The molecule has 1 unspecified atom stereocenters. The molecule has 0 aliphatic heterocycles. The predicted octanol–water partition coefficient (Wildman–Crippen LogP) is 5.18. The van der Waals surface area contributed by atoms with Gasteiger partial charge in [-0.25, -0.2) is 4.39 Å². The maximum Gasteiger partial charge on any atom is 0.137 e. The van der Waals surface area contributed by atoms with Crippen molar-refractivity contribution in [2.24, 2.45) is 0 Å². The summed E-state index contributed by atoms with van der Waals surface area (Å²) in [6, 6.07) is 14.1. The van der Waals surface area contributed by atoms with E-state index in [1.807, 2.05) is 12.1 Å². The third-order valence-corrected chi connectivity index (χ3v) is 4.12. The molecule has 0 saturated heterocycles. The van der Waals surface area contributed by atoms with Crippen molar-refractivity contribution in [1.82, 2.24) is 5.32 Å². The molecule has 1 nitrogen and oxygen atoms in total. The highest BCUT2D eigenvalue weighted by atomic mass is 79.9. The molecule has 0 aliphatic rings. The van der Waals surface area contributed by atoms with E-state index in [1.54, 1.807) is 0 Å². The monoisotopic (exact) mass is 349 g/mol. The van der Waals surface area contributed by atoms with Crippen LogP contribution >= 0.6 is 15.9 Å². The van der Waals surface area contributed by atoms with Crippen LogP contribution in [0.25, 0.3) is 0 Å². The first kappa shape index (κ1) is 16.2. The fraction of sp³-hybridized carbons (Fsp3) is 0.333. The van der Waals surface area contributed by atoms with E-state index in [1.165, 1.54) is 17.2 Å². The van der Waals surface area contributed by atoms with Crippen molar-refractivity contribution in [2.75, 3.05) is 6.54 Å². The van der Waals surface area contributed by atoms with Crippen LogP contribution in [-0.2, 0) is 6.42 Å². The van der Waals surface area contributed by atoms with E-state index in [0.29, 0.717) is 4.47 Å². The van der Waals surface area contributed by atoms with Crippen molar-refractivity contribution in [3.8, 4) is 0 Å². The van der Waals surface area contributed by atoms with Gasteiger partial charge in [0.25, 0.3) is 0 Å². The molecular formula is C18H21BrFN. The highest BCUT2D eigenvalue weighted by molar-refractivity contribution is 9.10. The fourth-order valence-corrected chi connectivity index (χ4v) is 2.84. The lowest BCUT2D eigenvalue weighted by Crippen LogP contribution is -2.24. The Hall–Kier alpha value is -1.19. The number of benzene rings is 2. The van der Waals surface area contributed by atoms with E-state index in [9.17, 15) is 4.39 Å². The molecule has 0 amide bonds. The number of hydrogen-bond donors (Lipinski definition) is 1. The molecule has 112 valence electrons. The van der Waals surface area contributed by atoms with Gasteiger partial charge in [0.1, 0.15) is 5.82 Å². The average Bonchev–Trinajstić information content (AvgIpc) is 2.47. The summed E-state index contributed by atoms with van der Waals surface area (Å²) in [5.41, 5.74) is 3.67. The van der Waals surface area contributed by atoms with Gasteiger partial charge in [0, 0.05) is 6.04 Å². The zero-order valence-electron chi connectivity index (χ0n) is 12.5. The topological polar surface area (TPSA) is 12.0 Å². The highest BCUT2D eigenvalue weighted by Gasteiger charge is 2.12. The summed E-state index contributed by atoms with van der Waals surface area (Å²) in [7, 11) is 0. The van der Waals surface area contributed by atoms with Gasteiger partial charge in [-0.2, -0.15) is 0 Å². The van der Waals surface area contributed by atoms with E-state index in [0.717, 1.165) is 24.9 Å². The van der Waals surface area contributed by atoms with Crippen LogP contribution in [0.3, 0.4) is 0 Å². The molecule has 2 aromatic rings. The van der Waals surface area contributed by atoms with Crippen molar-refractivity contribution in [3.63, 3.8) is 0 Å². The van der Waals surface area contributed by atoms with E-state index < -0.39 is 0 Å². The lowest BCUT2D eigenvalue weighted by Gasteiger charge is -2.20. The summed E-state index contributed by atoms with van der Waals surface area (Å²) in [6.45, 7) is 5.24. The maximum absolute atomic E-state index is 13.4. The molecule has 1 atom stereocenters. The van der Waals surface area contributed by atoms with Gasteiger partial charge in [0.05, 0.1) is 4.47 Å². The van der Waals surface area contributed by atoms with Crippen LogP contribution < -0.4 is 5.32 Å². The Labute approximate surface area is 134 Å². The minimum Gasteiger partial charge on any atom is -0.310 e. The fourth-order valence-electron chi connectivity index (χ4n) is 2.42. The normalized spacial score (nSPS) is 12.4. The molecule has 1 N–H and O–H groups in total. The van der Waals surface area contributed by atoms with Crippen molar-refractivity contribution in [3.05, 3.63) is 69.4 Å². The molecule has 0 aromatic heterocycles. The Kier molecular flexibility index (Phi) is 5.95. The summed E-state index contributed by atoms with van der Waals surface area (Å²) in [5, 5.41) is 3.59. The highest BCUT2D eigenvalue weighted by Crippen LogP contribution is 2.23. The summed E-state index contributed by atoms with van der Waals surface area (Å²) in [4.78, 5) is 0. The quantitative estimate of drug-likeness (QED) is 0.757. The Balaban J connectivity index is 2.21. The smallest absolute Gasteiger partial charge is 0.137 e. The summed E-state index contributed by atoms with van der Waals surface area (Å²) in [6.07, 6.45) is 1.94. The Bertz CT molecular complexity index is 598. The van der Waals surface area contributed by atoms with E-state index >= 15 is 0 Å². The van der Waals surface area contributed by atoms with Crippen LogP contribution in [0, 0.1) is 12.7 Å². The van der Waals surface area contributed by atoms with Gasteiger partial charge in [0.15, 0.2) is 0 Å². The lowest BCUT2D eigenvalue weighted by molar-refractivity contribution is 0.528. The molecule has 2 rings (SSSR count). The second kappa shape index (κ2) is 7.71. The molecule has 0 fully saturated rings. The minimum atomic E-state index is -0.215. The zero-order chi connectivity index (χ0) is 15.2. The number of halogens is 2. The van der Waals surface area contributed by atoms with Gasteiger partial charge < -0.3 is 5.32 Å². The third kappa shape index (κ3) is 4.65. The minimum absolute atomic E-state index is 0.215.